The van der Waals surface area contributed by atoms with Crippen molar-refractivity contribution in [2.75, 3.05) is 55.4 Å². The largest absolute Gasteiger partial charge is 0.490 e. The van der Waals surface area contributed by atoms with E-state index in [4.69, 9.17) is 15.2 Å². The standard InChI is InChI=1S/C23H24N6O3/c24-23-22(20(30)11-16-13-25-4-3-19(16)29-6-9-31-10-7-29)28-18(14-27-23)15-1-2-17-21(12-15)32-8-5-26-17/h1-4,12-14,26H,5-11H2,(H2,24,27). The molecular formula is C23H24N6O3. The van der Waals surface area contributed by atoms with Crippen molar-refractivity contribution in [1.29, 1.82) is 0 Å². The number of pyridine rings is 1. The van der Waals surface area contributed by atoms with Crippen LogP contribution in [0.2, 0.25) is 0 Å². The van der Waals surface area contributed by atoms with Gasteiger partial charge in [-0.2, -0.15) is 0 Å². The summed E-state index contributed by atoms with van der Waals surface area (Å²) in [6.07, 6.45) is 5.18. The van der Waals surface area contributed by atoms with Crippen LogP contribution in [0.5, 0.6) is 5.75 Å². The van der Waals surface area contributed by atoms with Gasteiger partial charge in [-0.15, -0.1) is 0 Å². The molecule has 5 rings (SSSR count). The molecule has 1 fully saturated rings. The van der Waals surface area contributed by atoms with Gasteiger partial charge >= 0.3 is 0 Å². The van der Waals surface area contributed by atoms with Gasteiger partial charge in [-0.05, 0) is 18.2 Å². The number of benzene rings is 1. The SMILES string of the molecule is Nc1ncc(-c2ccc3c(c2)OCCN3)nc1C(=O)Cc1cnccc1N1CCOCC1. The lowest BCUT2D eigenvalue weighted by molar-refractivity contribution is 0.0988. The highest BCUT2D eigenvalue weighted by Crippen LogP contribution is 2.32. The minimum atomic E-state index is -0.199. The van der Waals surface area contributed by atoms with Crippen LogP contribution in [0.3, 0.4) is 0 Å². The van der Waals surface area contributed by atoms with Crippen molar-refractivity contribution in [2.24, 2.45) is 0 Å². The molecule has 0 saturated carbocycles. The number of hydrogen-bond donors (Lipinski definition) is 2. The Hall–Kier alpha value is -3.72. The average Bonchev–Trinajstić information content (AvgIpc) is 2.85. The lowest BCUT2D eigenvalue weighted by atomic mass is 10.1. The second-order valence-electron chi connectivity index (χ2n) is 7.68. The van der Waals surface area contributed by atoms with Gasteiger partial charge in [0.05, 0.1) is 30.8 Å². The lowest BCUT2D eigenvalue weighted by Crippen LogP contribution is -2.37. The number of anilines is 3. The molecule has 1 aromatic carbocycles. The predicted octanol–water partition coefficient (Wildman–Crippen LogP) is 2.19. The fourth-order valence-electron chi connectivity index (χ4n) is 3.96. The third-order valence-corrected chi connectivity index (χ3v) is 5.60. The van der Waals surface area contributed by atoms with Gasteiger partial charge in [-0.3, -0.25) is 9.78 Å². The number of nitrogens with two attached hydrogens (primary N) is 1. The molecule has 2 aromatic heterocycles. The number of carbonyl (C=O) groups is 1. The summed E-state index contributed by atoms with van der Waals surface area (Å²) in [5.41, 5.74) is 10.3. The van der Waals surface area contributed by atoms with E-state index in [9.17, 15) is 4.79 Å². The number of ketones is 1. The molecule has 2 aliphatic rings. The minimum Gasteiger partial charge on any atom is -0.490 e. The number of nitrogen functional groups attached to an aromatic ring is 1. The first-order chi connectivity index (χ1) is 15.7. The summed E-state index contributed by atoms with van der Waals surface area (Å²) in [4.78, 5) is 28.4. The topological polar surface area (TPSA) is 115 Å². The van der Waals surface area contributed by atoms with Crippen LogP contribution < -0.4 is 20.7 Å². The number of aromatic nitrogens is 3. The van der Waals surface area contributed by atoms with Crippen LogP contribution in [-0.2, 0) is 11.2 Å². The number of fused-ring (bicyclic) bond motifs is 1. The Bertz CT molecular complexity index is 1150. The third kappa shape index (κ3) is 4.06. The van der Waals surface area contributed by atoms with Gasteiger partial charge in [0.1, 0.15) is 18.1 Å². The summed E-state index contributed by atoms with van der Waals surface area (Å²) in [5, 5.41) is 3.29. The molecular weight excluding hydrogens is 408 g/mol. The molecule has 3 N–H and O–H groups in total. The van der Waals surface area contributed by atoms with Crippen molar-refractivity contribution in [3.8, 4) is 17.0 Å². The molecule has 0 bridgehead atoms. The van der Waals surface area contributed by atoms with Crippen LogP contribution in [0, 0.1) is 0 Å². The monoisotopic (exact) mass is 432 g/mol. The molecule has 0 unspecified atom stereocenters. The number of nitrogens with one attached hydrogen (secondary N) is 1. The molecule has 0 spiro atoms. The second kappa shape index (κ2) is 8.80. The highest BCUT2D eigenvalue weighted by Gasteiger charge is 2.21. The second-order valence-corrected chi connectivity index (χ2v) is 7.68. The average molecular weight is 432 g/mol. The van der Waals surface area contributed by atoms with Crippen LogP contribution in [-0.4, -0.2) is 60.2 Å². The fourth-order valence-corrected chi connectivity index (χ4v) is 3.96. The van der Waals surface area contributed by atoms with Crippen molar-refractivity contribution >= 4 is 23.0 Å². The van der Waals surface area contributed by atoms with Gasteiger partial charge < -0.3 is 25.4 Å². The summed E-state index contributed by atoms with van der Waals surface area (Å²) < 4.78 is 11.2. The van der Waals surface area contributed by atoms with Crippen LogP contribution in [0.15, 0.2) is 42.9 Å². The molecule has 0 amide bonds. The highest BCUT2D eigenvalue weighted by molar-refractivity contribution is 6.00. The number of hydrogen-bond acceptors (Lipinski definition) is 9. The molecule has 1 saturated heterocycles. The van der Waals surface area contributed by atoms with Crippen LogP contribution in [0.4, 0.5) is 17.2 Å². The van der Waals surface area contributed by atoms with Gasteiger partial charge in [-0.25, -0.2) is 9.97 Å². The van der Waals surface area contributed by atoms with Crippen LogP contribution in [0.25, 0.3) is 11.3 Å². The van der Waals surface area contributed by atoms with Gasteiger partial charge in [0, 0.05) is 55.3 Å². The van der Waals surface area contributed by atoms with Gasteiger partial charge in [0.25, 0.3) is 0 Å². The first kappa shape index (κ1) is 20.2. The molecule has 2 aliphatic heterocycles. The molecule has 4 heterocycles. The highest BCUT2D eigenvalue weighted by atomic mass is 16.5. The van der Waals surface area contributed by atoms with E-state index in [2.05, 4.69) is 25.2 Å². The Balaban J connectivity index is 1.42. The number of nitrogens with zero attached hydrogens (tertiary/aromatic N) is 4. The zero-order valence-corrected chi connectivity index (χ0v) is 17.6. The van der Waals surface area contributed by atoms with Gasteiger partial charge in [0.15, 0.2) is 11.6 Å². The Labute approximate surface area is 185 Å². The summed E-state index contributed by atoms with van der Waals surface area (Å²) in [5.74, 6) is 0.674. The van der Waals surface area contributed by atoms with E-state index >= 15 is 0 Å². The smallest absolute Gasteiger partial charge is 0.189 e. The Morgan fingerprint density at radius 1 is 1.16 bits per heavy atom. The maximum atomic E-state index is 13.2. The molecule has 0 radical (unpaired) electrons. The van der Waals surface area contributed by atoms with Crippen molar-refractivity contribution in [2.45, 2.75) is 6.42 Å². The predicted molar refractivity (Wildman–Crippen MR) is 121 cm³/mol. The molecule has 164 valence electrons. The maximum Gasteiger partial charge on any atom is 0.189 e. The van der Waals surface area contributed by atoms with Crippen molar-refractivity contribution in [3.63, 3.8) is 0 Å². The van der Waals surface area contributed by atoms with Crippen LogP contribution in [0.1, 0.15) is 16.1 Å². The van der Waals surface area contributed by atoms with Crippen LogP contribution >= 0.6 is 0 Å². The molecule has 3 aromatic rings. The number of ether oxygens (including phenoxy) is 2. The van der Waals surface area contributed by atoms with E-state index in [-0.39, 0.29) is 23.7 Å². The normalized spacial score (nSPS) is 15.4. The van der Waals surface area contributed by atoms with E-state index in [1.165, 1.54) is 0 Å². The van der Waals surface area contributed by atoms with Gasteiger partial charge in [-0.1, -0.05) is 6.07 Å². The Morgan fingerprint density at radius 3 is 2.91 bits per heavy atom. The number of morpholine rings is 1. The number of Topliss-reactive ketones (excluding diaryl/α,β-unsaturated/α-hetero) is 1. The van der Waals surface area contributed by atoms with E-state index in [1.807, 2.05) is 24.3 Å². The fraction of sp³-hybridized carbons (Fsp3) is 0.304. The van der Waals surface area contributed by atoms with E-state index in [0.29, 0.717) is 25.5 Å². The minimum absolute atomic E-state index is 0.117. The summed E-state index contributed by atoms with van der Waals surface area (Å²) >= 11 is 0. The van der Waals surface area contributed by atoms with E-state index < -0.39 is 0 Å². The van der Waals surface area contributed by atoms with E-state index in [0.717, 1.165) is 47.9 Å². The zero-order valence-electron chi connectivity index (χ0n) is 17.6. The Kier molecular flexibility index (Phi) is 5.55. The number of carbonyl (C=O) groups excluding carboxylic acids is 1. The summed E-state index contributed by atoms with van der Waals surface area (Å²) in [6, 6.07) is 7.69. The molecule has 0 atom stereocenters. The first-order valence-corrected chi connectivity index (χ1v) is 10.6. The summed E-state index contributed by atoms with van der Waals surface area (Å²) in [7, 11) is 0. The molecule has 9 heteroatoms. The first-order valence-electron chi connectivity index (χ1n) is 10.6. The van der Waals surface area contributed by atoms with Crippen molar-refractivity contribution in [3.05, 3.63) is 54.1 Å². The number of rotatable bonds is 5. The molecule has 9 nitrogen and oxygen atoms in total. The van der Waals surface area contributed by atoms with E-state index in [1.54, 1.807) is 18.6 Å². The Morgan fingerprint density at radius 2 is 2.03 bits per heavy atom. The summed E-state index contributed by atoms with van der Waals surface area (Å²) in [6.45, 7) is 4.25. The molecule has 32 heavy (non-hydrogen) atoms. The lowest BCUT2D eigenvalue weighted by Gasteiger charge is -2.30. The maximum absolute atomic E-state index is 13.2. The zero-order chi connectivity index (χ0) is 21.9. The third-order valence-electron chi connectivity index (χ3n) is 5.60. The van der Waals surface area contributed by atoms with Gasteiger partial charge in [0.2, 0.25) is 0 Å². The van der Waals surface area contributed by atoms with Crippen molar-refractivity contribution < 1.29 is 14.3 Å². The van der Waals surface area contributed by atoms with Crippen molar-refractivity contribution in [1.82, 2.24) is 15.0 Å². The quantitative estimate of drug-likeness (QED) is 0.585. The molecule has 0 aliphatic carbocycles.